The van der Waals surface area contributed by atoms with Gasteiger partial charge in [-0.2, -0.15) is 10.2 Å². The highest BCUT2D eigenvalue weighted by Gasteiger charge is 2.22. The van der Waals surface area contributed by atoms with E-state index in [1.807, 2.05) is 46.7 Å². The summed E-state index contributed by atoms with van der Waals surface area (Å²) in [4.78, 5) is 4.65. The lowest BCUT2D eigenvalue weighted by Crippen LogP contribution is -2.17. The van der Waals surface area contributed by atoms with Crippen LogP contribution in [0.2, 0.25) is 0 Å². The van der Waals surface area contributed by atoms with Gasteiger partial charge in [-0.15, -0.1) is 0 Å². The van der Waals surface area contributed by atoms with E-state index in [9.17, 15) is 0 Å². The monoisotopic (exact) mass is 325 g/mol. The van der Waals surface area contributed by atoms with Crippen molar-refractivity contribution in [3.63, 3.8) is 0 Å². The predicted molar refractivity (Wildman–Crippen MR) is 87.7 cm³/mol. The SMILES string of the molecule is CCC(c1nc(C)nn1-c1ccc2c(c1)OCCO2)n1cccn1. The van der Waals surface area contributed by atoms with Gasteiger partial charge in [0.05, 0.1) is 5.69 Å². The highest BCUT2D eigenvalue weighted by molar-refractivity contribution is 5.49. The van der Waals surface area contributed by atoms with Crippen LogP contribution in [0.25, 0.3) is 5.69 Å². The molecular formula is C17H19N5O2. The zero-order valence-electron chi connectivity index (χ0n) is 13.7. The normalized spacial score (nSPS) is 14.6. The van der Waals surface area contributed by atoms with E-state index in [0.717, 1.165) is 35.3 Å². The van der Waals surface area contributed by atoms with Crippen LogP contribution in [0.3, 0.4) is 0 Å². The lowest BCUT2D eigenvalue weighted by atomic mass is 10.2. The van der Waals surface area contributed by atoms with Crippen molar-refractivity contribution in [2.75, 3.05) is 13.2 Å². The minimum Gasteiger partial charge on any atom is -0.486 e. The Bertz CT molecular complexity index is 841. The van der Waals surface area contributed by atoms with Crippen LogP contribution in [0.15, 0.2) is 36.7 Å². The van der Waals surface area contributed by atoms with Gasteiger partial charge in [-0.3, -0.25) is 4.68 Å². The highest BCUT2D eigenvalue weighted by atomic mass is 16.6. The molecule has 0 fully saturated rings. The van der Waals surface area contributed by atoms with Crippen LogP contribution in [-0.2, 0) is 0 Å². The van der Waals surface area contributed by atoms with Gasteiger partial charge >= 0.3 is 0 Å². The molecule has 3 heterocycles. The number of ether oxygens (including phenoxy) is 2. The minimum absolute atomic E-state index is 0.0226. The molecule has 0 saturated carbocycles. The third-order valence-electron chi connectivity index (χ3n) is 4.04. The van der Waals surface area contributed by atoms with E-state index in [4.69, 9.17) is 9.47 Å². The first-order chi connectivity index (χ1) is 11.8. The van der Waals surface area contributed by atoms with Crippen molar-refractivity contribution in [1.82, 2.24) is 24.5 Å². The molecule has 1 atom stereocenters. The Kier molecular flexibility index (Phi) is 3.68. The van der Waals surface area contributed by atoms with Gasteiger partial charge in [-0.05, 0) is 31.5 Å². The summed E-state index contributed by atoms with van der Waals surface area (Å²) >= 11 is 0. The fraction of sp³-hybridized carbons (Fsp3) is 0.353. The molecule has 1 aromatic carbocycles. The van der Waals surface area contributed by atoms with Crippen molar-refractivity contribution in [3.05, 3.63) is 48.3 Å². The summed E-state index contributed by atoms with van der Waals surface area (Å²) in [5.74, 6) is 3.09. The maximum absolute atomic E-state index is 5.69. The summed E-state index contributed by atoms with van der Waals surface area (Å²) in [5, 5.41) is 8.95. The van der Waals surface area contributed by atoms with Crippen LogP contribution in [0.4, 0.5) is 0 Å². The minimum atomic E-state index is 0.0226. The quantitative estimate of drug-likeness (QED) is 0.737. The molecule has 2 aromatic heterocycles. The number of nitrogens with zero attached hydrogens (tertiary/aromatic N) is 5. The Morgan fingerprint density at radius 2 is 2.04 bits per heavy atom. The second kappa shape index (κ2) is 5.99. The molecule has 1 aliphatic rings. The molecule has 7 nitrogen and oxygen atoms in total. The first kappa shape index (κ1) is 14.7. The van der Waals surface area contributed by atoms with Crippen molar-refractivity contribution in [3.8, 4) is 17.2 Å². The molecule has 0 aliphatic carbocycles. The zero-order valence-corrected chi connectivity index (χ0v) is 13.7. The van der Waals surface area contributed by atoms with Crippen molar-refractivity contribution < 1.29 is 9.47 Å². The van der Waals surface area contributed by atoms with E-state index in [-0.39, 0.29) is 6.04 Å². The van der Waals surface area contributed by atoms with E-state index in [2.05, 4.69) is 22.1 Å². The largest absolute Gasteiger partial charge is 0.486 e. The van der Waals surface area contributed by atoms with Gasteiger partial charge in [-0.25, -0.2) is 9.67 Å². The van der Waals surface area contributed by atoms with Crippen molar-refractivity contribution in [1.29, 1.82) is 0 Å². The second-order valence-corrected chi connectivity index (χ2v) is 5.67. The Balaban J connectivity index is 1.79. The molecule has 0 amide bonds. The highest BCUT2D eigenvalue weighted by Crippen LogP contribution is 2.33. The van der Waals surface area contributed by atoms with Gasteiger partial charge in [0.15, 0.2) is 17.3 Å². The van der Waals surface area contributed by atoms with Crippen LogP contribution in [0.1, 0.15) is 31.0 Å². The molecule has 0 spiro atoms. The Morgan fingerprint density at radius 1 is 1.21 bits per heavy atom. The van der Waals surface area contributed by atoms with E-state index < -0.39 is 0 Å². The molecule has 0 saturated heterocycles. The predicted octanol–water partition coefficient (Wildman–Crippen LogP) is 2.54. The second-order valence-electron chi connectivity index (χ2n) is 5.67. The Labute approximate surface area is 139 Å². The van der Waals surface area contributed by atoms with E-state index in [1.165, 1.54) is 0 Å². The van der Waals surface area contributed by atoms with Gasteiger partial charge in [0, 0.05) is 18.5 Å². The third-order valence-corrected chi connectivity index (χ3v) is 4.04. The van der Waals surface area contributed by atoms with E-state index in [0.29, 0.717) is 13.2 Å². The number of fused-ring (bicyclic) bond motifs is 1. The average molecular weight is 325 g/mol. The number of benzene rings is 1. The maximum atomic E-state index is 5.69. The molecule has 1 aliphatic heterocycles. The first-order valence-electron chi connectivity index (χ1n) is 8.09. The number of aromatic nitrogens is 5. The molecule has 0 radical (unpaired) electrons. The van der Waals surface area contributed by atoms with Crippen molar-refractivity contribution >= 4 is 0 Å². The van der Waals surface area contributed by atoms with Gasteiger partial charge in [0.2, 0.25) is 0 Å². The summed E-state index contributed by atoms with van der Waals surface area (Å²) in [7, 11) is 0. The van der Waals surface area contributed by atoms with Crippen LogP contribution in [-0.4, -0.2) is 37.8 Å². The van der Waals surface area contributed by atoms with Crippen molar-refractivity contribution in [2.45, 2.75) is 26.3 Å². The molecule has 24 heavy (non-hydrogen) atoms. The van der Waals surface area contributed by atoms with Crippen LogP contribution < -0.4 is 9.47 Å². The lowest BCUT2D eigenvalue weighted by Gasteiger charge is -2.20. The standard InChI is InChI=1S/C17H19N5O2/c1-3-14(21-8-4-7-18-21)17-19-12(2)20-22(17)13-5-6-15-16(11-13)24-10-9-23-15/h4-8,11,14H,3,9-10H2,1-2H3. The third kappa shape index (κ3) is 2.51. The van der Waals surface area contributed by atoms with E-state index >= 15 is 0 Å². The summed E-state index contributed by atoms with van der Waals surface area (Å²) in [6.45, 7) is 5.15. The molecule has 3 aromatic rings. The number of aryl methyl sites for hydroxylation is 1. The average Bonchev–Trinajstić information content (AvgIpc) is 3.26. The maximum Gasteiger partial charge on any atom is 0.163 e. The Hall–Kier alpha value is -2.83. The molecule has 7 heteroatoms. The summed E-state index contributed by atoms with van der Waals surface area (Å²) in [6, 6.07) is 7.78. The summed E-state index contributed by atoms with van der Waals surface area (Å²) in [5.41, 5.74) is 0.903. The zero-order chi connectivity index (χ0) is 16.5. The smallest absolute Gasteiger partial charge is 0.163 e. The lowest BCUT2D eigenvalue weighted by molar-refractivity contribution is 0.171. The molecule has 4 rings (SSSR count). The van der Waals surface area contributed by atoms with Crippen LogP contribution in [0.5, 0.6) is 11.5 Å². The fourth-order valence-electron chi connectivity index (χ4n) is 2.95. The molecular weight excluding hydrogens is 306 g/mol. The summed E-state index contributed by atoms with van der Waals surface area (Å²) in [6.07, 6.45) is 4.59. The number of hydrogen-bond donors (Lipinski definition) is 0. The van der Waals surface area contributed by atoms with Crippen LogP contribution in [0, 0.1) is 6.92 Å². The fourth-order valence-corrected chi connectivity index (χ4v) is 2.95. The number of rotatable bonds is 4. The number of hydrogen-bond acceptors (Lipinski definition) is 5. The first-order valence-corrected chi connectivity index (χ1v) is 8.09. The molecule has 1 unspecified atom stereocenters. The van der Waals surface area contributed by atoms with E-state index in [1.54, 1.807) is 6.20 Å². The molecule has 124 valence electrons. The molecule has 0 N–H and O–H groups in total. The van der Waals surface area contributed by atoms with Crippen LogP contribution >= 0.6 is 0 Å². The van der Waals surface area contributed by atoms with Gasteiger partial charge < -0.3 is 9.47 Å². The van der Waals surface area contributed by atoms with Gasteiger partial charge in [0.25, 0.3) is 0 Å². The topological polar surface area (TPSA) is 67.0 Å². The molecule has 0 bridgehead atoms. The summed E-state index contributed by atoms with van der Waals surface area (Å²) < 4.78 is 15.1. The van der Waals surface area contributed by atoms with Crippen molar-refractivity contribution in [2.24, 2.45) is 0 Å². The Morgan fingerprint density at radius 3 is 2.79 bits per heavy atom. The van der Waals surface area contributed by atoms with Gasteiger partial charge in [-0.1, -0.05) is 6.92 Å². The van der Waals surface area contributed by atoms with Gasteiger partial charge in [0.1, 0.15) is 25.1 Å².